The first kappa shape index (κ1) is 16.9. The van der Waals surface area contributed by atoms with Crippen molar-refractivity contribution in [2.24, 2.45) is 0 Å². The molecule has 0 amide bonds. The molecule has 2 aromatic rings. The van der Waals surface area contributed by atoms with Crippen molar-refractivity contribution in [2.45, 2.75) is 43.0 Å². The normalized spacial score (nSPS) is 16.1. The van der Waals surface area contributed by atoms with Gasteiger partial charge in [0.2, 0.25) is 10.0 Å². The standard InChI is InChI=1S/C18H23N3O2S/c1-14(2)21-24(22,23)16-9-6-12-19-17(16)20-13-18(10-11-18)15-7-4-3-5-8-15/h3-9,12,14,21H,10-11,13H2,1-2H3,(H,19,20). The van der Waals surface area contributed by atoms with Crippen molar-refractivity contribution in [1.82, 2.24) is 9.71 Å². The molecule has 1 aliphatic carbocycles. The predicted molar refractivity (Wildman–Crippen MR) is 95.5 cm³/mol. The van der Waals surface area contributed by atoms with Crippen molar-refractivity contribution in [3.8, 4) is 0 Å². The van der Waals surface area contributed by atoms with Crippen LogP contribution in [0.4, 0.5) is 5.82 Å². The van der Waals surface area contributed by atoms with Gasteiger partial charge in [-0.05, 0) is 44.4 Å². The molecule has 1 aliphatic rings. The van der Waals surface area contributed by atoms with E-state index in [1.807, 2.05) is 18.2 Å². The molecule has 6 heteroatoms. The second-order valence-electron chi connectivity index (χ2n) is 6.63. The van der Waals surface area contributed by atoms with Crippen LogP contribution in [0.5, 0.6) is 0 Å². The van der Waals surface area contributed by atoms with Crippen LogP contribution in [0.25, 0.3) is 0 Å². The molecule has 2 N–H and O–H groups in total. The summed E-state index contributed by atoms with van der Waals surface area (Å²) >= 11 is 0. The Hall–Kier alpha value is -1.92. The van der Waals surface area contributed by atoms with E-state index in [9.17, 15) is 8.42 Å². The molecule has 1 saturated carbocycles. The summed E-state index contributed by atoms with van der Waals surface area (Å²) in [4.78, 5) is 4.44. The van der Waals surface area contributed by atoms with E-state index in [-0.39, 0.29) is 16.4 Å². The molecule has 5 nitrogen and oxygen atoms in total. The molecule has 1 aromatic heterocycles. The largest absolute Gasteiger partial charge is 0.368 e. The fraction of sp³-hybridized carbons (Fsp3) is 0.389. The first-order chi connectivity index (χ1) is 11.4. The number of hydrogen-bond acceptors (Lipinski definition) is 4. The van der Waals surface area contributed by atoms with Crippen molar-refractivity contribution in [2.75, 3.05) is 11.9 Å². The number of nitrogens with one attached hydrogen (secondary N) is 2. The van der Waals surface area contributed by atoms with Crippen molar-refractivity contribution < 1.29 is 8.42 Å². The Morgan fingerprint density at radius 2 is 1.83 bits per heavy atom. The molecule has 1 fully saturated rings. The minimum atomic E-state index is -3.58. The summed E-state index contributed by atoms with van der Waals surface area (Å²) in [5.41, 5.74) is 1.38. The zero-order valence-electron chi connectivity index (χ0n) is 14.0. The van der Waals surface area contributed by atoms with E-state index in [0.29, 0.717) is 12.4 Å². The molecular weight excluding hydrogens is 322 g/mol. The van der Waals surface area contributed by atoms with Crippen LogP contribution >= 0.6 is 0 Å². The SMILES string of the molecule is CC(C)NS(=O)(=O)c1cccnc1NCC1(c2ccccc2)CC1. The van der Waals surface area contributed by atoms with Gasteiger partial charge < -0.3 is 5.32 Å². The summed E-state index contributed by atoms with van der Waals surface area (Å²) in [6, 6.07) is 13.4. The number of nitrogens with zero attached hydrogens (tertiary/aromatic N) is 1. The summed E-state index contributed by atoms with van der Waals surface area (Å²) in [6.45, 7) is 4.28. The first-order valence-electron chi connectivity index (χ1n) is 8.20. The fourth-order valence-electron chi connectivity index (χ4n) is 2.88. The van der Waals surface area contributed by atoms with E-state index in [1.165, 1.54) is 5.56 Å². The van der Waals surface area contributed by atoms with Crippen LogP contribution < -0.4 is 10.0 Å². The quantitative estimate of drug-likeness (QED) is 0.809. The number of sulfonamides is 1. The minimum Gasteiger partial charge on any atom is -0.368 e. The summed E-state index contributed by atoms with van der Waals surface area (Å²) in [5.74, 6) is 0.410. The molecule has 0 atom stereocenters. The number of rotatable bonds is 7. The van der Waals surface area contributed by atoms with Gasteiger partial charge in [0.15, 0.2) is 0 Å². The van der Waals surface area contributed by atoms with Crippen molar-refractivity contribution in [3.05, 3.63) is 54.2 Å². The van der Waals surface area contributed by atoms with Gasteiger partial charge >= 0.3 is 0 Å². The van der Waals surface area contributed by atoms with Crippen molar-refractivity contribution >= 4 is 15.8 Å². The Morgan fingerprint density at radius 3 is 2.46 bits per heavy atom. The lowest BCUT2D eigenvalue weighted by molar-refractivity contribution is 0.569. The molecule has 128 valence electrons. The molecular formula is C18H23N3O2S. The average molecular weight is 345 g/mol. The maximum atomic E-state index is 12.5. The van der Waals surface area contributed by atoms with Gasteiger partial charge in [0.05, 0.1) is 0 Å². The molecule has 0 radical (unpaired) electrons. The second kappa shape index (κ2) is 6.53. The Labute approximate surface area is 143 Å². The number of hydrogen-bond donors (Lipinski definition) is 2. The summed E-state index contributed by atoms with van der Waals surface area (Å²) in [5, 5.41) is 3.26. The Kier molecular flexibility index (Phi) is 4.60. The Bertz CT molecular complexity index is 800. The topological polar surface area (TPSA) is 71.1 Å². The highest BCUT2D eigenvalue weighted by atomic mass is 32.2. The van der Waals surface area contributed by atoms with Gasteiger partial charge in [-0.25, -0.2) is 18.1 Å². The van der Waals surface area contributed by atoms with Crippen LogP contribution in [0.3, 0.4) is 0 Å². The zero-order chi connectivity index (χ0) is 17.2. The highest BCUT2D eigenvalue weighted by molar-refractivity contribution is 7.89. The molecule has 24 heavy (non-hydrogen) atoms. The Morgan fingerprint density at radius 1 is 1.12 bits per heavy atom. The van der Waals surface area contributed by atoms with Gasteiger partial charge in [-0.2, -0.15) is 0 Å². The van der Waals surface area contributed by atoms with Crippen LogP contribution in [-0.2, 0) is 15.4 Å². The summed E-state index contributed by atoms with van der Waals surface area (Å²) in [7, 11) is -3.58. The highest BCUT2D eigenvalue weighted by Gasteiger charge is 2.44. The summed E-state index contributed by atoms with van der Waals surface area (Å²) in [6.07, 6.45) is 3.81. The molecule has 1 heterocycles. The molecule has 0 spiro atoms. The maximum Gasteiger partial charge on any atom is 0.244 e. The average Bonchev–Trinajstić information content (AvgIpc) is 3.34. The molecule has 1 aromatic carbocycles. The predicted octanol–water partition coefficient (Wildman–Crippen LogP) is 2.91. The molecule has 0 aliphatic heterocycles. The lowest BCUT2D eigenvalue weighted by Crippen LogP contribution is -2.31. The van der Waals surface area contributed by atoms with E-state index < -0.39 is 10.0 Å². The van der Waals surface area contributed by atoms with Crippen molar-refractivity contribution in [1.29, 1.82) is 0 Å². The van der Waals surface area contributed by atoms with E-state index in [4.69, 9.17) is 0 Å². The van der Waals surface area contributed by atoms with Gasteiger partial charge in [0, 0.05) is 24.2 Å². The van der Waals surface area contributed by atoms with E-state index in [2.05, 4.69) is 27.2 Å². The van der Waals surface area contributed by atoms with Crippen LogP contribution in [0.2, 0.25) is 0 Å². The van der Waals surface area contributed by atoms with Crippen LogP contribution in [0.15, 0.2) is 53.6 Å². The third-order valence-electron chi connectivity index (χ3n) is 4.28. The third kappa shape index (κ3) is 3.60. The monoisotopic (exact) mass is 345 g/mol. The van der Waals surface area contributed by atoms with Gasteiger partial charge in [-0.3, -0.25) is 0 Å². The number of aromatic nitrogens is 1. The van der Waals surface area contributed by atoms with E-state index >= 15 is 0 Å². The van der Waals surface area contributed by atoms with Crippen LogP contribution in [-0.4, -0.2) is 26.0 Å². The Balaban J connectivity index is 1.80. The molecule has 0 bridgehead atoms. The van der Waals surface area contributed by atoms with E-state index in [1.54, 1.807) is 32.2 Å². The van der Waals surface area contributed by atoms with Gasteiger partial charge in [-0.15, -0.1) is 0 Å². The number of benzene rings is 1. The van der Waals surface area contributed by atoms with Gasteiger partial charge in [-0.1, -0.05) is 30.3 Å². The highest BCUT2D eigenvalue weighted by Crippen LogP contribution is 2.48. The first-order valence-corrected chi connectivity index (χ1v) is 9.68. The number of pyridine rings is 1. The zero-order valence-corrected chi connectivity index (χ0v) is 14.8. The number of anilines is 1. The van der Waals surface area contributed by atoms with Crippen LogP contribution in [0, 0.1) is 0 Å². The van der Waals surface area contributed by atoms with Gasteiger partial charge in [0.1, 0.15) is 10.7 Å². The third-order valence-corrected chi connectivity index (χ3v) is 5.98. The molecule has 3 rings (SSSR count). The lowest BCUT2D eigenvalue weighted by atomic mass is 9.96. The molecule has 0 saturated heterocycles. The van der Waals surface area contributed by atoms with Gasteiger partial charge in [0.25, 0.3) is 0 Å². The maximum absolute atomic E-state index is 12.5. The molecule has 0 unspecified atom stereocenters. The smallest absolute Gasteiger partial charge is 0.244 e. The van der Waals surface area contributed by atoms with Crippen molar-refractivity contribution in [3.63, 3.8) is 0 Å². The lowest BCUT2D eigenvalue weighted by Gasteiger charge is -2.19. The van der Waals surface area contributed by atoms with Crippen LogP contribution in [0.1, 0.15) is 32.3 Å². The second-order valence-corrected chi connectivity index (χ2v) is 8.31. The minimum absolute atomic E-state index is 0.0886. The fourth-order valence-corrected chi connectivity index (χ4v) is 4.26. The van der Waals surface area contributed by atoms with E-state index in [0.717, 1.165) is 12.8 Å². The summed E-state index contributed by atoms with van der Waals surface area (Å²) < 4.78 is 27.6.